The Labute approximate surface area is 102 Å². The predicted octanol–water partition coefficient (Wildman–Crippen LogP) is 2.99. The van der Waals surface area contributed by atoms with Gasteiger partial charge in [0.1, 0.15) is 6.17 Å². The average Bonchev–Trinajstić information content (AvgIpc) is 2.20. The molecule has 1 N–H and O–H groups in total. The maximum absolute atomic E-state index is 3.86. The molecule has 0 radical (unpaired) electrons. The summed E-state index contributed by atoms with van der Waals surface area (Å²) in [5.74, 6) is 0. The van der Waals surface area contributed by atoms with Gasteiger partial charge in [-0.25, -0.2) is 0 Å². The van der Waals surface area contributed by atoms with Crippen molar-refractivity contribution in [2.75, 3.05) is 19.6 Å². The molecule has 0 saturated carbocycles. The number of nitrogens with zero attached hydrogens (tertiary/aromatic N) is 1. The van der Waals surface area contributed by atoms with Crippen LogP contribution in [0.2, 0.25) is 0 Å². The topological polar surface area (TPSA) is 12.0 Å². The molecule has 0 aromatic carbocycles. The molecule has 0 aliphatic carbocycles. The highest BCUT2D eigenvalue weighted by atomic mass is 15.5. The molecule has 1 fully saturated rings. The average molecular weight is 227 g/mol. The maximum atomic E-state index is 3.86. The van der Waals surface area contributed by atoms with E-state index in [1.54, 1.807) is 0 Å². The molecule has 3 unspecified atom stereocenters. The quantitative estimate of drug-likeness (QED) is 0.731. The molecule has 96 valence electrons. The third kappa shape index (κ3) is 2.78. The van der Waals surface area contributed by atoms with Crippen LogP contribution >= 0.6 is 0 Å². The lowest BCUT2D eigenvalue weighted by atomic mass is 9.83. The van der Waals surface area contributed by atoms with Crippen LogP contribution in [0, 0.1) is 5.41 Å². The third-order valence-electron chi connectivity index (χ3n) is 4.47. The second-order valence-corrected chi connectivity index (χ2v) is 6.53. The van der Waals surface area contributed by atoms with Gasteiger partial charge in [-0.05, 0) is 18.8 Å². The monoisotopic (exact) mass is 227 g/mol. The second-order valence-electron chi connectivity index (χ2n) is 6.53. The van der Waals surface area contributed by atoms with Crippen molar-refractivity contribution in [3.8, 4) is 0 Å². The lowest BCUT2D eigenvalue weighted by molar-refractivity contribution is -0.956. The van der Waals surface area contributed by atoms with Crippen LogP contribution in [0.1, 0.15) is 54.4 Å². The fraction of sp³-hybridized carbons (Fsp3) is 1.00. The minimum absolute atomic E-state index is 0.393. The fourth-order valence-corrected chi connectivity index (χ4v) is 3.14. The van der Waals surface area contributed by atoms with Crippen molar-refractivity contribution in [3.63, 3.8) is 0 Å². The Kier molecular flexibility index (Phi) is 4.42. The maximum Gasteiger partial charge on any atom is 0.140 e. The molecule has 16 heavy (non-hydrogen) atoms. The number of nitrogens with one attached hydrogen (secondary N) is 1. The van der Waals surface area contributed by atoms with E-state index in [0.29, 0.717) is 17.6 Å². The molecule has 1 heterocycles. The lowest BCUT2D eigenvalue weighted by Gasteiger charge is -2.51. The number of rotatable bonds is 3. The lowest BCUT2D eigenvalue weighted by Crippen LogP contribution is -2.68. The van der Waals surface area contributed by atoms with Crippen molar-refractivity contribution in [2.24, 2.45) is 5.41 Å². The van der Waals surface area contributed by atoms with Gasteiger partial charge in [0.05, 0.1) is 19.6 Å². The highest BCUT2D eigenvalue weighted by molar-refractivity contribution is 4.83. The van der Waals surface area contributed by atoms with Gasteiger partial charge in [0.25, 0.3) is 0 Å². The van der Waals surface area contributed by atoms with E-state index < -0.39 is 0 Å². The van der Waals surface area contributed by atoms with Crippen molar-refractivity contribution >= 4 is 0 Å². The Balaban J connectivity index is 2.70. The van der Waals surface area contributed by atoms with Gasteiger partial charge in [0.2, 0.25) is 0 Å². The number of hydrogen-bond donors (Lipinski definition) is 1. The molecule has 1 aliphatic rings. The van der Waals surface area contributed by atoms with Crippen LogP contribution in [0.5, 0.6) is 0 Å². The Morgan fingerprint density at radius 3 is 2.25 bits per heavy atom. The highest BCUT2D eigenvalue weighted by Gasteiger charge is 2.40. The van der Waals surface area contributed by atoms with Gasteiger partial charge in [-0.2, -0.15) is 0 Å². The summed E-state index contributed by atoms with van der Waals surface area (Å²) >= 11 is 0. The molecule has 1 rings (SSSR count). The van der Waals surface area contributed by atoms with E-state index in [-0.39, 0.29) is 0 Å². The van der Waals surface area contributed by atoms with Gasteiger partial charge in [-0.1, -0.05) is 27.7 Å². The number of hydrogen-bond acceptors (Lipinski definition) is 1. The van der Waals surface area contributed by atoms with Gasteiger partial charge >= 0.3 is 0 Å². The summed E-state index contributed by atoms with van der Waals surface area (Å²) in [6.45, 7) is 18.0. The molecule has 0 amide bonds. The van der Waals surface area contributed by atoms with Crippen LogP contribution in [0.15, 0.2) is 0 Å². The smallest absolute Gasteiger partial charge is 0.140 e. The molecule has 3 atom stereocenters. The summed E-state index contributed by atoms with van der Waals surface area (Å²) in [7, 11) is 0. The van der Waals surface area contributed by atoms with E-state index in [0.717, 1.165) is 0 Å². The van der Waals surface area contributed by atoms with Crippen molar-refractivity contribution in [1.29, 1.82) is 0 Å². The van der Waals surface area contributed by atoms with Crippen LogP contribution in [-0.2, 0) is 0 Å². The van der Waals surface area contributed by atoms with Crippen LogP contribution in [0.4, 0.5) is 0 Å². The van der Waals surface area contributed by atoms with Crippen molar-refractivity contribution < 1.29 is 4.48 Å². The van der Waals surface area contributed by atoms with Gasteiger partial charge in [-0.3, -0.25) is 5.32 Å². The van der Waals surface area contributed by atoms with Gasteiger partial charge in [-0.15, -0.1) is 0 Å². The predicted molar refractivity (Wildman–Crippen MR) is 71.3 cm³/mol. The first-order valence-corrected chi connectivity index (χ1v) is 6.97. The van der Waals surface area contributed by atoms with Gasteiger partial charge in [0, 0.05) is 19.4 Å². The molecule has 2 heteroatoms. The molecular weight excluding hydrogens is 196 g/mol. The summed E-state index contributed by atoms with van der Waals surface area (Å²) in [5.41, 5.74) is 0.393. The largest absolute Gasteiger partial charge is 0.309 e. The molecule has 0 spiro atoms. The van der Waals surface area contributed by atoms with Crippen molar-refractivity contribution in [1.82, 2.24) is 5.32 Å². The standard InChI is InChI=1S/C14H31N2/c1-7-10-16(8-2)11-9-13(14(4,5)6)15-12(16)3/h12-13,15H,7-11H2,1-6H3/q+1. The van der Waals surface area contributed by atoms with Crippen LogP contribution in [0.3, 0.4) is 0 Å². The zero-order valence-corrected chi connectivity index (χ0v) is 12.1. The van der Waals surface area contributed by atoms with Crippen molar-refractivity contribution in [3.05, 3.63) is 0 Å². The van der Waals surface area contributed by atoms with E-state index in [1.165, 1.54) is 37.0 Å². The summed E-state index contributed by atoms with van der Waals surface area (Å²) in [6, 6.07) is 0.678. The number of quaternary nitrogens is 1. The Morgan fingerprint density at radius 2 is 1.88 bits per heavy atom. The Bertz CT molecular complexity index is 219. The van der Waals surface area contributed by atoms with Crippen LogP contribution < -0.4 is 5.32 Å². The SMILES string of the molecule is CCC[N+]1(CC)CCC(C(C)(C)C)NC1C. The third-order valence-corrected chi connectivity index (χ3v) is 4.47. The summed E-state index contributed by atoms with van der Waals surface area (Å²) in [5, 5.41) is 3.86. The molecule has 0 bridgehead atoms. The molecule has 1 saturated heterocycles. The first-order chi connectivity index (χ1) is 7.35. The molecular formula is C14H31N2+. The van der Waals surface area contributed by atoms with E-state index in [2.05, 4.69) is 46.9 Å². The summed E-state index contributed by atoms with van der Waals surface area (Å²) in [4.78, 5) is 0. The van der Waals surface area contributed by atoms with Crippen LogP contribution in [0.25, 0.3) is 0 Å². The van der Waals surface area contributed by atoms with E-state index in [9.17, 15) is 0 Å². The minimum atomic E-state index is 0.393. The zero-order chi connectivity index (χ0) is 12.4. The first kappa shape index (κ1) is 14.0. The highest BCUT2D eigenvalue weighted by Crippen LogP contribution is 2.29. The van der Waals surface area contributed by atoms with Gasteiger partial charge in [0.15, 0.2) is 0 Å². The molecule has 0 aromatic rings. The van der Waals surface area contributed by atoms with Crippen molar-refractivity contribution in [2.45, 2.75) is 66.6 Å². The van der Waals surface area contributed by atoms with Gasteiger partial charge < -0.3 is 4.48 Å². The summed E-state index contributed by atoms with van der Waals surface area (Å²) in [6.07, 6.45) is 3.23. The van der Waals surface area contributed by atoms with E-state index in [1.807, 2.05) is 0 Å². The molecule has 0 aromatic heterocycles. The molecule has 1 aliphatic heterocycles. The first-order valence-electron chi connectivity index (χ1n) is 6.97. The Morgan fingerprint density at radius 1 is 1.25 bits per heavy atom. The normalized spacial score (nSPS) is 36.4. The van der Waals surface area contributed by atoms with E-state index in [4.69, 9.17) is 0 Å². The zero-order valence-electron chi connectivity index (χ0n) is 12.1. The molecule has 2 nitrogen and oxygen atoms in total. The summed E-state index contributed by atoms with van der Waals surface area (Å²) < 4.78 is 1.27. The fourth-order valence-electron chi connectivity index (χ4n) is 3.14. The Hall–Kier alpha value is -0.0800. The second kappa shape index (κ2) is 5.05. The van der Waals surface area contributed by atoms with E-state index >= 15 is 0 Å². The van der Waals surface area contributed by atoms with Crippen LogP contribution in [-0.4, -0.2) is 36.3 Å². The minimum Gasteiger partial charge on any atom is -0.309 e.